The molecule has 0 amide bonds. The fourth-order valence-electron chi connectivity index (χ4n) is 3.27. The van der Waals surface area contributed by atoms with E-state index in [9.17, 15) is 13.2 Å². The fourth-order valence-corrected chi connectivity index (χ4v) is 3.27. The van der Waals surface area contributed by atoms with E-state index in [0.29, 0.717) is 32.0 Å². The van der Waals surface area contributed by atoms with Gasteiger partial charge in [-0.15, -0.1) is 0 Å². The molecule has 1 fully saturated rings. The largest absolute Gasteiger partial charge is 0.411 e. The Kier molecular flexibility index (Phi) is 9.73. The first kappa shape index (κ1) is 23.5. The molecule has 29 heavy (non-hydrogen) atoms. The van der Waals surface area contributed by atoms with E-state index in [1.54, 1.807) is 0 Å². The van der Waals surface area contributed by atoms with Gasteiger partial charge in [0.05, 0.1) is 6.10 Å². The van der Waals surface area contributed by atoms with Crippen LogP contribution < -0.4 is 10.6 Å². The molecule has 0 bridgehead atoms. The van der Waals surface area contributed by atoms with E-state index < -0.39 is 12.8 Å². The summed E-state index contributed by atoms with van der Waals surface area (Å²) in [6.45, 7) is 5.47. The average molecular weight is 416 g/mol. The third kappa shape index (κ3) is 9.04. The van der Waals surface area contributed by atoms with Gasteiger partial charge in [-0.3, -0.25) is 4.99 Å². The SMILES string of the molecule is CCNC(=NCC1CCCOC1c1ccc(C)cc1)NCCCOCC(F)(F)F. The number of aryl methyl sites for hydroxylation is 1. The Labute approximate surface area is 171 Å². The highest BCUT2D eigenvalue weighted by Gasteiger charge is 2.28. The van der Waals surface area contributed by atoms with Gasteiger partial charge in [-0.25, -0.2) is 0 Å². The summed E-state index contributed by atoms with van der Waals surface area (Å²) in [6, 6.07) is 8.43. The van der Waals surface area contributed by atoms with Gasteiger partial charge < -0.3 is 20.1 Å². The van der Waals surface area contributed by atoms with Crippen molar-refractivity contribution in [1.29, 1.82) is 0 Å². The van der Waals surface area contributed by atoms with Crippen molar-refractivity contribution in [3.63, 3.8) is 0 Å². The van der Waals surface area contributed by atoms with Gasteiger partial charge in [0.2, 0.25) is 0 Å². The molecule has 2 rings (SSSR count). The van der Waals surface area contributed by atoms with Gasteiger partial charge in [0, 0.05) is 38.8 Å². The maximum absolute atomic E-state index is 12.1. The van der Waals surface area contributed by atoms with Crippen molar-refractivity contribution in [2.75, 3.05) is 39.5 Å². The Hall–Kier alpha value is -1.80. The number of ether oxygens (including phenoxy) is 2. The lowest BCUT2D eigenvalue weighted by atomic mass is 9.89. The lowest BCUT2D eigenvalue weighted by Crippen LogP contribution is -2.39. The minimum Gasteiger partial charge on any atom is -0.373 e. The van der Waals surface area contributed by atoms with Crippen LogP contribution in [0.4, 0.5) is 13.2 Å². The first-order chi connectivity index (χ1) is 13.9. The second-order valence-electron chi connectivity index (χ2n) is 7.27. The van der Waals surface area contributed by atoms with Crippen LogP contribution >= 0.6 is 0 Å². The topological polar surface area (TPSA) is 54.9 Å². The average Bonchev–Trinajstić information content (AvgIpc) is 2.69. The Morgan fingerprint density at radius 1 is 1.24 bits per heavy atom. The second-order valence-corrected chi connectivity index (χ2v) is 7.27. The monoisotopic (exact) mass is 415 g/mol. The molecule has 1 aliphatic rings. The van der Waals surface area contributed by atoms with Crippen LogP contribution in [0.1, 0.15) is 43.4 Å². The maximum Gasteiger partial charge on any atom is 0.411 e. The predicted octanol–water partition coefficient (Wildman–Crippen LogP) is 3.99. The Morgan fingerprint density at radius 2 is 2.00 bits per heavy atom. The van der Waals surface area contributed by atoms with Crippen molar-refractivity contribution < 1.29 is 22.6 Å². The molecule has 2 unspecified atom stereocenters. The van der Waals surface area contributed by atoms with Crippen LogP contribution in [0, 0.1) is 12.8 Å². The van der Waals surface area contributed by atoms with Gasteiger partial charge in [0.15, 0.2) is 5.96 Å². The number of hydrogen-bond donors (Lipinski definition) is 2. The second kappa shape index (κ2) is 12.0. The van der Waals surface area contributed by atoms with Crippen molar-refractivity contribution in [2.45, 2.75) is 45.4 Å². The van der Waals surface area contributed by atoms with Crippen LogP contribution in [0.5, 0.6) is 0 Å². The first-order valence-electron chi connectivity index (χ1n) is 10.2. The van der Waals surface area contributed by atoms with Gasteiger partial charge >= 0.3 is 6.18 Å². The molecule has 1 aromatic rings. The van der Waals surface area contributed by atoms with Gasteiger partial charge in [-0.2, -0.15) is 13.2 Å². The summed E-state index contributed by atoms with van der Waals surface area (Å²) in [7, 11) is 0. The molecule has 0 aliphatic carbocycles. The highest BCUT2D eigenvalue weighted by Crippen LogP contribution is 2.33. The minimum absolute atomic E-state index is 0.0340. The molecule has 1 aliphatic heterocycles. The van der Waals surface area contributed by atoms with Crippen molar-refractivity contribution in [2.24, 2.45) is 10.9 Å². The number of nitrogens with zero attached hydrogens (tertiary/aromatic N) is 1. The van der Waals surface area contributed by atoms with E-state index in [1.807, 2.05) is 6.92 Å². The predicted molar refractivity (Wildman–Crippen MR) is 108 cm³/mol. The minimum atomic E-state index is -4.28. The molecule has 1 heterocycles. The Balaban J connectivity index is 1.84. The summed E-state index contributed by atoms with van der Waals surface area (Å²) in [5.74, 6) is 0.952. The number of alkyl halides is 3. The van der Waals surface area contributed by atoms with Gasteiger partial charge in [-0.1, -0.05) is 29.8 Å². The van der Waals surface area contributed by atoms with Crippen LogP contribution in [0.2, 0.25) is 0 Å². The zero-order valence-corrected chi connectivity index (χ0v) is 17.2. The van der Waals surface area contributed by atoms with Crippen molar-refractivity contribution in [1.82, 2.24) is 10.6 Å². The summed E-state index contributed by atoms with van der Waals surface area (Å²) in [5.41, 5.74) is 2.40. The molecule has 164 valence electrons. The number of benzene rings is 1. The number of hydrogen-bond acceptors (Lipinski definition) is 3. The first-order valence-corrected chi connectivity index (χ1v) is 10.2. The van der Waals surface area contributed by atoms with Gasteiger partial charge in [0.25, 0.3) is 0 Å². The summed E-state index contributed by atoms with van der Waals surface area (Å²) in [4.78, 5) is 4.68. The fraction of sp³-hybridized carbons (Fsp3) is 0.667. The number of aliphatic imine (C=N–C) groups is 1. The number of halogens is 3. The highest BCUT2D eigenvalue weighted by molar-refractivity contribution is 5.79. The Bertz CT molecular complexity index is 621. The van der Waals surface area contributed by atoms with Crippen molar-refractivity contribution in [3.8, 4) is 0 Å². The van der Waals surface area contributed by atoms with E-state index in [-0.39, 0.29) is 18.6 Å². The standard InChI is InChI=1S/C21H32F3N3O2/c1-3-25-20(26-11-5-12-28-15-21(22,23)24)27-14-18-6-4-13-29-19(18)17-9-7-16(2)8-10-17/h7-10,18-19H,3-6,11-15H2,1-2H3,(H2,25,26,27). The Morgan fingerprint density at radius 3 is 2.69 bits per heavy atom. The molecular weight excluding hydrogens is 383 g/mol. The van der Waals surface area contributed by atoms with E-state index in [1.165, 1.54) is 11.1 Å². The molecule has 2 atom stereocenters. The van der Waals surface area contributed by atoms with Crippen molar-refractivity contribution >= 4 is 5.96 Å². The maximum atomic E-state index is 12.1. The van der Waals surface area contributed by atoms with Crippen LogP contribution in [-0.2, 0) is 9.47 Å². The molecule has 0 saturated carbocycles. The third-order valence-electron chi connectivity index (χ3n) is 4.70. The molecule has 8 heteroatoms. The number of nitrogens with one attached hydrogen (secondary N) is 2. The third-order valence-corrected chi connectivity index (χ3v) is 4.70. The molecule has 0 aromatic heterocycles. The number of guanidine groups is 1. The van der Waals surface area contributed by atoms with Gasteiger partial charge in [0.1, 0.15) is 6.61 Å². The van der Waals surface area contributed by atoms with Crippen LogP contribution in [0.25, 0.3) is 0 Å². The molecule has 0 spiro atoms. The molecule has 5 nitrogen and oxygen atoms in total. The van der Waals surface area contributed by atoms with E-state index in [4.69, 9.17) is 4.74 Å². The van der Waals surface area contributed by atoms with E-state index >= 15 is 0 Å². The van der Waals surface area contributed by atoms with Crippen LogP contribution in [-0.4, -0.2) is 51.6 Å². The highest BCUT2D eigenvalue weighted by atomic mass is 19.4. The summed E-state index contributed by atoms with van der Waals surface area (Å²) in [5, 5.41) is 6.33. The zero-order chi connectivity index (χ0) is 21.1. The molecular formula is C21H32F3N3O2. The number of rotatable bonds is 9. The van der Waals surface area contributed by atoms with Crippen LogP contribution in [0.3, 0.4) is 0 Å². The summed E-state index contributed by atoms with van der Waals surface area (Å²) >= 11 is 0. The van der Waals surface area contributed by atoms with Crippen LogP contribution in [0.15, 0.2) is 29.3 Å². The lowest BCUT2D eigenvalue weighted by Gasteiger charge is -2.31. The molecule has 0 radical (unpaired) electrons. The molecule has 1 aromatic carbocycles. The smallest absolute Gasteiger partial charge is 0.373 e. The van der Waals surface area contributed by atoms with E-state index in [0.717, 1.165) is 19.4 Å². The van der Waals surface area contributed by atoms with Crippen molar-refractivity contribution in [3.05, 3.63) is 35.4 Å². The summed E-state index contributed by atoms with van der Waals surface area (Å²) in [6.07, 6.45) is -1.71. The molecule has 1 saturated heterocycles. The van der Waals surface area contributed by atoms with Gasteiger partial charge in [-0.05, 0) is 38.7 Å². The van der Waals surface area contributed by atoms with E-state index in [2.05, 4.69) is 51.6 Å². The summed E-state index contributed by atoms with van der Waals surface area (Å²) < 4.78 is 46.9. The quantitative estimate of drug-likeness (QED) is 0.364. The zero-order valence-electron chi connectivity index (χ0n) is 17.2. The normalized spacial score (nSPS) is 20.5. The molecule has 2 N–H and O–H groups in total. The lowest BCUT2D eigenvalue weighted by molar-refractivity contribution is -0.173.